The third kappa shape index (κ3) is 4.01. The minimum Gasteiger partial charge on any atom is -0.479 e. The quantitative estimate of drug-likeness (QED) is 0.821. The number of rotatable bonds is 6. The smallest absolute Gasteiger partial charge is 0.341 e. The van der Waals surface area contributed by atoms with Crippen molar-refractivity contribution in [3.8, 4) is 11.8 Å². The van der Waals surface area contributed by atoms with Gasteiger partial charge in [0.1, 0.15) is 23.8 Å². The van der Waals surface area contributed by atoms with E-state index in [9.17, 15) is 4.79 Å². The Morgan fingerprint density at radius 2 is 2.14 bits per heavy atom. The van der Waals surface area contributed by atoms with Gasteiger partial charge < -0.3 is 19.2 Å². The first-order chi connectivity index (χ1) is 10.2. The number of hydrogen-bond acceptors (Lipinski definition) is 6. The van der Waals surface area contributed by atoms with Crippen molar-refractivity contribution in [2.75, 3.05) is 19.0 Å². The highest BCUT2D eigenvalue weighted by atomic mass is 16.5. The number of nitriles is 1. The van der Waals surface area contributed by atoms with E-state index in [2.05, 4.69) is 10.1 Å². The molecule has 108 valence electrons. The largest absolute Gasteiger partial charge is 0.479 e. The van der Waals surface area contributed by atoms with Crippen molar-refractivity contribution in [3.05, 3.63) is 47.9 Å². The Labute approximate surface area is 121 Å². The number of nitrogens with one attached hydrogen (secondary N) is 1. The highest BCUT2D eigenvalue weighted by Crippen LogP contribution is 2.17. The fourth-order valence-corrected chi connectivity index (χ4v) is 1.67. The van der Waals surface area contributed by atoms with Gasteiger partial charge in [0.25, 0.3) is 0 Å². The monoisotopic (exact) mass is 286 g/mol. The third-order valence-corrected chi connectivity index (χ3v) is 2.70. The van der Waals surface area contributed by atoms with Gasteiger partial charge in [-0.15, -0.1) is 0 Å². The predicted molar refractivity (Wildman–Crippen MR) is 74.9 cm³/mol. The number of methoxy groups -OCH3 is 1. The summed E-state index contributed by atoms with van der Waals surface area (Å²) in [5.41, 5.74) is 1.25. The van der Waals surface area contributed by atoms with Crippen molar-refractivity contribution in [2.45, 2.75) is 6.54 Å². The second-order valence-electron chi connectivity index (χ2n) is 4.12. The Morgan fingerprint density at radius 3 is 2.81 bits per heavy atom. The molecule has 21 heavy (non-hydrogen) atoms. The lowest BCUT2D eigenvalue weighted by Gasteiger charge is -2.06. The summed E-state index contributed by atoms with van der Waals surface area (Å²) in [5, 5.41) is 11.6. The maximum atomic E-state index is 11.3. The van der Waals surface area contributed by atoms with Gasteiger partial charge in [0.2, 0.25) is 0 Å². The first kappa shape index (κ1) is 14.5. The molecule has 6 heteroatoms. The van der Waals surface area contributed by atoms with Crippen molar-refractivity contribution >= 4 is 11.7 Å². The lowest BCUT2D eigenvalue weighted by molar-refractivity contribution is 0.0600. The second kappa shape index (κ2) is 7.01. The molecule has 0 saturated carbocycles. The summed E-state index contributed by atoms with van der Waals surface area (Å²) in [6.07, 6.45) is 1.36. The van der Waals surface area contributed by atoms with Crippen LogP contribution in [-0.4, -0.2) is 19.7 Å². The topological polar surface area (TPSA) is 84.5 Å². The summed E-state index contributed by atoms with van der Waals surface area (Å²) >= 11 is 0. The second-order valence-corrected chi connectivity index (χ2v) is 4.12. The van der Waals surface area contributed by atoms with Gasteiger partial charge in [0.05, 0.1) is 19.2 Å². The van der Waals surface area contributed by atoms with Gasteiger partial charge >= 0.3 is 5.97 Å². The van der Waals surface area contributed by atoms with Crippen molar-refractivity contribution < 1.29 is 18.7 Å². The molecule has 1 aromatic heterocycles. The molecule has 0 aliphatic rings. The molecule has 0 radical (unpaired) electrons. The molecule has 1 N–H and O–H groups in total. The van der Waals surface area contributed by atoms with E-state index in [1.54, 1.807) is 18.2 Å². The van der Waals surface area contributed by atoms with Crippen LogP contribution in [0.5, 0.6) is 5.75 Å². The molecule has 6 nitrogen and oxygen atoms in total. The molecular formula is C15H14N2O4. The standard InChI is InChI=1S/C15H14N2O4/c1-19-15(18)11-8-14(21-10-11)9-17-12-2-4-13(5-3-12)20-7-6-16/h2-5,8,10,17H,7,9H2,1H3. The van der Waals surface area contributed by atoms with E-state index in [4.69, 9.17) is 14.4 Å². The Bertz CT molecular complexity index is 640. The number of nitrogens with zero attached hydrogens (tertiary/aromatic N) is 1. The van der Waals surface area contributed by atoms with Crippen LogP contribution >= 0.6 is 0 Å². The van der Waals surface area contributed by atoms with E-state index < -0.39 is 5.97 Å². The first-order valence-corrected chi connectivity index (χ1v) is 6.22. The SMILES string of the molecule is COC(=O)c1coc(CNc2ccc(OCC#N)cc2)c1. The molecule has 0 bridgehead atoms. The average molecular weight is 286 g/mol. The number of carbonyl (C=O) groups is 1. The molecule has 2 aromatic rings. The van der Waals surface area contributed by atoms with Crippen LogP contribution in [0.4, 0.5) is 5.69 Å². The highest BCUT2D eigenvalue weighted by molar-refractivity contribution is 5.88. The number of anilines is 1. The number of carbonyl (C=O) groups excluding carboxylic acids is 1. The molecule has 0 fully saturated rings. The van der Waals surface area contributed by atoms with E-state index in [0.717, 1.165) is 5.69 Å². The summed E-state index contributed by atoms with van der Waals surface area (Å²) in [6.45, 7) is 0.463. The molecule has 0 aliphatic heterocycles. The van der Waals surface area contributed by atoms with Gasteiger partial charge in [0.15, 0.2) is 6.61 Å². The van der Waals surface area contributed by atoms with Crippen LogP contribution in [0.25, 0.3) is 0 Å². The lowest BCUT2D eigenvalue weighted by atomic mass is 10.3. The fourth-order valence-electron chi connectivity index (χ4n) is 1.67. The maximum absolute atomic E-state index is 11.3. The van der Waals surface area contributed by atoms with Gasteiger partial charge in [0, 0.05) is 5.69 Å². The van der Waals surface area contributed by atoms with E-state index in [0.29, 0.717) is 23.6 Å². The van der Waals surface area contributed by atoms with Gasteiger partial charge in [-0.3, -0.25) is 0 Å². The first-order valence-electron chi connectivity index (χ1n) is 6.22. The van der Waals surface area contributed by atoms with Crippen LogP contribution in [0.15, 0.2) is 41.0 Å². The number of benzene rings is 1. The highest BCUT2D eigenvalue weighted by Gasteiger charge is 2.09. The van der Waals surface area contributed by atoms with Crippen LogP contribution < -0.4 is 10.1 Å². The van der Waals surface area contributed by atoms with Crippen molar-refractivity contribution in [1.29, 1.82) is 5.26 Å². The van der Waals surface area contributed by atoms with Crippen molar-refractivity contribution in [3.63, 3.8) is 0 Å². The Hall–Kier alpha value is -2.94. The zero-order valence-corrected chi connectivity index (χ0v) is 11.5. The fraction of sp³-hybridized carbons (Fsp3) is 0.200. The molecule has 0 saturated heterocycles. The van der Waals surface area contributed by atoms with Crippen LogP contribution in [0.3, 0.4) is 0 Å². The number of hydrogen-bond donors (Lipinski definition) is 1. The van der Waals surface area contributed by atoms with Crippen molar-refractivity contribution in [1.82, 2.24) is 0 Å². The molecule has 1 aromatic carbocycles. The lowest BCUT2D eigenvalue weighted by Crippen LogP contribution is -2.00. The average Bonchev–Trinajstić information content (AvgIpc) is 3.00. The van der Waals surface area contributed by atoms with Crippen molar-refractivity contribution in [2.24, 2.45) is 0 Å². The number of ether oxygens (including phenoxy) is 2. The van der Waals surface area contributed by atoms with Crippen LogP contribution in [0, 0.1) is 11.3 Å². The molecular weight excluding hydrogens is 272 g/mol. The normalized spacial score (nSPS) is 9.71. The zero-order valence-electron chi connectivity index (χ0n) is 11.5. The summed E-state index contributed by atoms with van der Waals surface area (Å²) in [4.78, 5) is 11.3. The molecule has 0 amide bonds. The van der Waals surface area contributed by atoms with Crippen LogP contribution in [0.1, 0.15) is 16.1 Å². The Morgan fingerprint density at radius 1 is 1.38 bits per heavy atom. The van der Waals surface area contributed by atoms with Crippen LogP contribution in [-0.2, 0) is 11.3 Å². The Kier molecular flexibility index (Phi) is 4.83. The minimum absolute atomic E-state index is 0.0233. The van der Waals surface area contributed by atoms with Gasteiger partial charge in [-0.2, -0.15) is 5.26 Å². The predicted octanol–water partition coefficient (Wildman–Crippen LogP) is 2.58. The van der Waals surface area contributed by atoms with E-state index in [-0.39, 0.29) is 6.61 Å². The summed E-state index contributed by atoms with van der Waals surface area (Å²) in [6, 6.07) is 10.7. The molecule has 0 aliphatic carbocycles. The third-order valence-electron chi connectivity index (χ3n) is 2.70. The molecule has 1 heterocycles. The summed E-state index contributed by atoms with van der Waals surface area (Å²) < 4.78 is 15.0. The van der Waals surface area contributed by atoms with E-state index in [1.165, 1.54) is 13.4 Å². The Balaban J connectivity index is 1.89. The zero-order chi connectivity index (χ0) is 15.1. The molecule has 2 rings (SSSR count). The molecule has 0 atom stereocenters. The summed E-state index contributed by atoms with van der Waals surface area (Å²) in [7, 11) is 1.32. The van der Waals surface area contributed by atoms with E-state index in [1.807, 2.05) is 18.2 Å². The summed E-state index contributed by atoms with van der Waals surface area (Å²) in [5.74, 6) is 0.831. The van der Waals surface area contributed by atoms with Gasteiger partial charge in [-0.05, 0) is 30.3 Å². The van der Waals surface area contributed by atoms with Gasteiger partial charge in [-0.1, -0.05) is 0 Å². The minimum atomic E-state index is -0.427. The number of furan rings is 1. The van der Waals surface area contributed by atoms with Gasteiger partial charge in [-0.25, -0.2) is 4.79 Å². The van der Waals surface area contributed by atoms with E-state index >= 15 is 0 Å². The maximum Gasteiger partial charge on any atom is 0.341 e. The molecule has 0 unspecified atom stereocenters. The number of esters is 1. The molecule has 0 spiro atoms. The van der Waals surface area contributed by atoms with Crippen LogP contribution in [0.2, 0.25) is 0 Å².